The molecular weight excluding hydrogens is 152 g/mol. The predicted molar refractivity (Wildman–Crippen MR) is 41.3 cm³/mol. The number of hydrogen-bond donors (Lipinski definition) is 1. The maximum atomic E-state index is 10.0. The molecule has 0 unspecified atom stereocenters. The fourth-order valence-corrected chi connectivity index (χ4v) is 0.486. The van der Waals surface area contributed by atoms with Gasteiger partial charge >= 0.3 is 0 Å². The Balaban J connectivity index is 0.000000810. The first-order chi connectivity index (χ1) is 4.33. The molecule has 4 heteroatoms. The average molecular weight is 159 g/mol. The van der Waals surface area contributed by atoms with Crippen LogP contribution in [0, 0.1) is 0 Å². The molecule has 0 bridgehead atoms. The monoisotopic (exact) mass is 158 g/mol. The largest absolute Gasteiger partial charge is 0.384 e. The maximum Gasteiger partial charge on any atom is 0.151 e. The van der Waals surface area contributed by atoms with Crippen LogP contribution in [0.15, 0.2) is 18.3 Å². The Kier molecular flexibility index (Phi) is 3.43. The summed E-state index contributed by atoms with van der Waals surface area (Å²) in [5, 5.41) is 0. The summed E-state index contributed by atoms with van der Waals surface area (Å²) in [6.45, 7) is 0. The minimum absolute atomic E-state index is 0. The number of halogens is 1. The average Bonchev–Trinajstić information content (AvgIpc) is 1.90. The van der Waals surface area contributed by atoms with Gasteiger partial charge in [0.2, 0.25) is 0 Å². The van der Waals surface area contributed by atoms with Gasteiger partial charge in [0.1, 0.15) is 5.82 Å². The Bertz CT molecular complexity index is 209. The number of carbonyl (C=O) groups is 1. The summed E-state index contributed by atoms with van der Waals surface area (Å²) in [6, 6.07) is 3.21. The highest BCUT2D eigenvalue weighted by atomic mass is 35.5. The Morgan fingerprint density at radius 1 is 1.50 bits per heavy atom. The zero-order valence-electron chi connectivity index (χ0n) is 5.15. The molecule has 10 heavy (non-hydrogen) atoms. The molecule has 0 radical (unpaired) electrons. The summed E-state index contributed by atoms with van der Waals surface area (Å²) in [5.41, 5.74) is 5.80. The van der Waals surface area contributed by atoms with Crippen molar-refractivity contribution in [2.45, 2.75) is 0 Å². The second kappa shape index (κ2) is 3.85. The Labute approximate surface area is 64.7 Å². The lowest BCUT2D eigenvalue weighted by molar-refractivity contribution is 0.112. The van der Waals surface area contributed by atoms with Crippen molar-refractivity contribution in [1.29, 1.82) is 0 Å². The van der Waals surface area contributed by atoms with Gasteiger partial charge in [-0.3, -0.25) is 4.79 Å². The third-order valence-corrected chi connectivity index (χ3v) is 0.945. The van der Waals surface area contributed by atoms with Crippen LogP contribution in [-0.2, 0) is 0 Å². The van der Waals surface area contributed by atoms with E-state index in [1.54, 1.807) is 12.1 Å². The molecule has 0 aliphatic rings. The molecule has 0 aliphatic heterocycles. The topological polar surface area (TPSA) is 56.0 Å². The molecule has 2 N–H and O–H groups in total. The number of aldehydes is 1. The van der Waals surface area contributed by atoms with E-state index in [1.807, 2.05) is 0 Å². The van der Waals surface area contributed by atoms with Crippen molar-refractivity contribution >= 4 is 24.5 Å². The number of nitrogen functional groups attached to an aromatic ring is 1. The summed E-state index contributed by atoms with van der Waals surface area (Å²) < 4.78 is 0. The van der Waals surface area contributed by atoms with Gasteiger partial charge in [-0.25, -0.2) is 4.98 Å². The maximum absolute atomic E-state index is 10.0. The van der Waals surface area contributed by atoms with Crippen LogP contribution in [0.4, 0.5) is 5.82 Å². The molecule has 0 spiro atoms. The molecule has 0 aliphatic carbocycles. The highest BCUT2D eigenvalue weighted by molar-refractivity contribution is 5.85. The second-order valence-electron chi connectivity index (χ2n) is 1.63. The number of hydrogen-bond acceptors (Lipinski definition) is 3. The second-order valence-corrected chi connectivity index (χ2v) is 1.63. The van der Waals surface area contributed by atoms with Crippen LogP contribution in [-0.4, -0.2) is 11.3 Å². The third-order valence-electron chi connectivity index (χ3n) is 0.945. The van der Waals surface area contributed by atoms with Crippen LogP contribution < -0.4 is 5.73 Å². The van der Waals surface area contributed by atoms with Crippen LogP contribution in [0.5, 0.6) is 0 Å². The number of anilines is 1. The Hall–Kier alpha value is -1.09. The number of aromatic nitrogens is 1. The molecular formula is C6H7ClN2O. The summed E-state index contributed by atoms with van der Waals surface area (Å²) in [6.07, 6.45) is 2.16. The zero-order chi connectivity index (χ0) is 6.69. The van der Waals surface area contributed by atoms with Gasteiger partial charge in [-0.05, 0) is 12.1 Å². The highest BCUT2D eigenvalue weighted by Crippen LogP contribution is 1.96. The molecule has 54 valence electrons. The highest BCUT2D eigenvalue weighted by Gasteiger charge is 1.86. The minimum atomic E-state index is 0. The van der Waals surface area contributed by atoms with Gasteiger partial charge in [-0.1, -0.05) is 0 Å². The van der Waals surface area contributed by atoms with Crippen LogP contribution in [0.25, 0.3) is 0 Å². The predicted octanol–water partition coefficient (Wildman–Crippen LogP) is 0.898. The number of pyridine rings is 1. The lowest BCUT2D eigenvalue weighted by atomic mass is 10.3. The summed E-state index contributed by atoms with van der Waals surface area (Å²) in [4.78, 5) is 13.7. The Morgan fingerprint density at radius 2 is 2.20 bits per heavy atom. The van der Waals surface area contributed by atoms with Crippen LogP contribution >= 0.6 is 12.4 Å². The normalized spacial score (nSPS) is 8.00. The van der Waals surface area contributed by atoms with Crippen molar-refractivity contribution in [2.24, 2.45) is 0 Å². The van der Waals surface area contributed by atoms with E-state index in [9.17, 15) is 4.79 Å². The zero-order valence-corrected chi connectivity index (χ0v) is 5.97. The van der Waals surface area contributed by atoms with E-state index in [2.05, 4.69) is 4.98 Å². The van der Waals surface area contributed by atoms with Gasteiger partial charge in [-0.2, -0.15) is 0 Å². The van der Waals surface area contributed by atoms with E-state index in [4.69, 9.17) is 5.73 Å². The van der Waals surface area contributed by atoms with Crippen molar-refractivity contribution in [3.05, 3.63) is 23.9 Å². The van der Waals surface area contributed by atoms with Gasteiger partial charge in [0.05, 0.1) is 0 Å². The van der Waals surface area contributed by atoms with Crippen LogP contribution in [0.1, 0.15) is 10.4 Å². The van der Waals surface area contributed by atoms with Crippen LogP contribution in [0.2, 0.25) is 0 Å². The van der Waals surface area contributed by atoms with E-state index >= 15 is 0 Å². The Morgan fingerprint density at radius 3 is 2.60 bits per heavy atom. The van der Waals surface area contributed by atoms with Gasteiger partial charge in [0.25, 0.3) is 0 Å². The standard InChI is InChI=1S/C6H6N2O.ClH/c7-6-2-1-5(4-9)3-8-6;/h1-4H,(H2,7,8);1H. The van der Waals surface area contributed by atoms with Crippen molar-refractivity contribution in [3.8, 4) is 0 Å². The molecule has 0 saturated carbocycles. The van der Waals surface area contributed by atoms with Gasteiger partial charge in [0, 0.05) is 11.8 Å². The molecule has 1 aromatic rings. The third kappa shape index (κ3) is 2.03. The molecule has 3 nitrogen and oxygen atoms in total. The first kappa shape index (κ1) is 8.91. The number of nitrogens with zero attached hydrogens (tertiary/aromatic N) is 1. The van der Waals surface area contributed by atoms with Gasteiger partial charge in [0.15, 0.2) is 6.29 Å². The minimum Gasteiger partial charge on any atom is -0.384 e. The lowest BCUT2D eigenvalue weighted by Gasteiger charge is -1.88. The summed E-state index contributed by atoms with van der Waals surface area (Å²) >= 11 is 0. The molecule has 1 rings (SSSR count). The number of carbonyl (C=O) groups excluding carboxylic acids is 1. The van der Waals surface area contributed by atoms with E-state index in [0.717, 1.165) is 6.29 Å². The first-order valence-corrected chi connectivity index (χ1v) is 2.49. The van der Waals surface area contributed by atoms with Crippen LogP contribution in [0.3, 0.4) is 0 Å². The van der Waals surface area contributed by atoms with Crippen molar-refractivity contribution in [2.75, 3.05) is 5.73 Å². The molecule has 0 atom stereocenters. The van der Waals surface area contributed by atoms with E-state index in [1.165, 1.54) is 6.20 Å². The molecule has 0 aromatic carbocycles. The SMILES string of the molecule is Cl.Nc1ccc(C=O)cn1. The van der Waals surface area contributed by atoms with E-state index < -0.39 is 0 Å². The number of nitrogens with two attached hydrogens (primary N) is 1. The molecule has 0 fully saturated rings. The van der Waals surface area contributed by atoms with E-state index in [0.29, 0.717) is 11.4 Å². The molecule has 1 aromatic heterocycles. The van der Waals surface area contributed by atoms with Crippen molar-refractivity contribution < 1.29 is 4.79 Å². The fourth-order valence-electron chi connectivity index (χ4n) is 0.486. The van der Waals surface area contributed by atoms with Crippen molar-refractivity contribution in [1.82, 2.24) is 4.98 Å². The molecule has 0 saturated heterocycles. The summed E-state index contributed by atoms with van der Waals surface area (Å²) in [5.74, 6) is 0.431. The molecule has 1 heterocycles. The lowest BCUT2D eigenvalue weighted by Crippen LogP contribution is -1.89. The van der Waals surface area contributed by atoms with Gasteiger partial charge < -0.3 is 5.73 Å². The molecule has 0 amide bonds. The van der Waals surface area contributed by atoms with E-state index in [-0.39, 0.29) is 12.4 Å². The smallest absolute Gasteiger partial charge is 0.151 e. The van der Waals surface area contributed by atoms with Crippen molar-refractivity contribution in [3.63, 3.8) is 0 Å². The number of rotatable bonds is 1. The first-order valence-electron chi connectivity index (χ1n) is 2.49. The summed E-state index contributed by atoms with van der Waals surface area (Å²) in [7, 11) is 0. The fraction of sp³-hybridized carbons (Fsp3) is 0. The quantitative estimate of drug-likeness (QED) is 0.618. The van der Waals surface area contributed by atoms with Gasteiger partial charge in [-0.15, -0.1) is 12.4 Å².